The highest BCUT2D eigenvalue weighted by Crippen LogP contribution is 2.31. The number of likely N-dealkylation sites (tertiary alicyclic amines) is 1. The number of carboxylic acid groups (broad SMARTS) is 1. The lowest BCUT2D eigenvalue weighted by molar-refractivity contribution is -0.143. The van der Waals surface area contributed by atoms with Crippen LogP contribution in [0, 0.1) is 5.92 Å². The number of hydrogen-bond donors (Lipinski definition) is 1. The maximum absolute atomic E-state index is 12.5. The van der Waals surface area contributed by atoms with Crippen molar-refractivity contribution in [2.45, 2.75) is 12.3 Å². The van der Waals surface area contributed by atoms with Gasteiger partial charge >= 0.3 is 5.97 Å². The number of carbonyl (C=O) groups is 2. The summed E-state index contributed by atoms with van der Waals surface area (Å²) in [6, 6.07) is 1.77. The molecule has 6 nitrogen and oxygen atoms in total. The molecule has 2 aromatic rings. The van der Waals surface area contributed by atoms with Crippen molar-refractivity contribution in [2.75, 3.05) is 13.1 Å². The van der Waals surface area contributed by atoms with Gasteiger partial charge in [-0.1, -0.05) is 0 Å². The predicted octanol–water partition coefficient (Wildman–Crippen LogP) is 1.81. The van der Waals surface area contributed by atoms with Gasteiger partial charge in [-0.15, -0.1) is 0 Å². The lowest BCUT2D eigenvalue weighted by Crippen LogP contribution is -2.45. The molecule has 0 aliphatic carbocycles. The van der Waals surface area contributed by atoms with E-state index in [9.17, 15) is 14.7 Å². The number of piperidine rings is 1. The van der Waals surface area contributed by atoms with E-state index >= 15 is 0 Å². The molecular weight excluding hydrogens is 302 g/mol. The summed E-state index contributed by atoms with van der Waals surface area (Å²) in [6.45, 7) is 0.797. The third kappa shape index (κ3) is 2.89. The predicted molar refractivity (Wildman–Crippen MR) is 81.9 cm³/mol. The number of aromatic nitrogens is 2. The van der Waals surface area contributed by atoms with Gasteiger partial charge in [-0.2, -0.15) is 16.4 Å². The van der Waals surface area contributed by atoms with Crippen LogP contribution in [0.25, 0.3) is 0 Å². The highest BCUT2D eigenvalue weighted by atomic mass is 32.1. The maximum Gasteiger partial charge on any atom is 0.308 e. The Kier molecular flexibility index (Phi) is 3.98. The van der Waals surface area contributed by atoms with E-state index in [1.807, 2.05) is 18.6 Å². The number of amides is 1. The fourth-order valence-corrected chi connectivity index (χ4v) is 3.53. The van der Waals surface area contributed by atoms with Gasteiger partial charge in [-0.05, 0) is 23.4 Å². The van der Waals surface area contributed by atoms with Gasteiger partial charge in [0.15, 0.2) is 0 Å². The van der Waals surface area contributed by atoms with Gasteiger partial charge in [-0.3, -0.25) is 14.3 Å². The summed E-state index contributed by atoms with van der Waals surface area (Å²) < 4.78 is 1.70. The Hall–Kier alpha value is -2.15. The molecule has 2 unspecified atom stereocenters. The van der Waals surface area contributed by atoms with Crippen LogP contribution in [0.2, 0.25) is 0 Å². The number of hydrogen-bond acceptors (Lipinski definition) is 4. The minimum Gasteiger partial charge on any atom is -0.481 e. The molecular formula is C15H17N3O3S. The second-order valence-electron chi connectivity index (χ2n) is 5.64. The van der Waals surface area contributed by atoms with Gasteiger partial charge < -0.3 is 10.0 Å². The number of aliphatic carboxylic acids is 1. The second kappa shape index (κ2) is 5.92. The van der Waals surface area contributed by atoms with Crippen molar-refractivity contribution in [3.05, 3.63) is 40.3 Å². The van der Waals surface area contributed by atoms with E-state index < -0.39 is 11.9 Å². The van der Waals surface area contributed by atoms with Crippen LogP contribution in [0.15, 0.2) is 29.2 Å². The molecule has 1 saturated heterocycles. The van der Waals surface area contributed by atoms with Crippen LogP contribution in [0.4, 0.5) is 0 Å². The molecule has 0 bridgehead atoms. The minimum atomic E-state index is -0.850. The van der Waals surface area contributed by atoms with E-state index in [4.69, 9.17) is 0 Å². The first kappa shape index (κ1) is 14.8. The zero-order chi connectivity index (χ0) is 15.7. The SMILES string of the molecule is Cn1cc(C2CC(C(=O)O)CN(C(=O)c3ccsc3)C2)cn1. The van der Waals surface area contributed by atoms with Crippen molar-refractivity contribution in [3.8, 4) is 0 Å². The zero-order valence-corrected chi connectivity index (χ0v) is 13.0. The Bertz CT molecular complexity index is 680. The Morgan fingerprint density at radius 2 is 2.23 bits per heavy atom. The fraction of sp³-hybridized carbons (Fsp3) is 0.400. The van der Waals surface area contributed by atoms with Crippen LogP contribution in [0.3, 0.4) is 0 Å². The average Bonchev–Trinajstić information content (AvgIpc) is 3.17. The van der Waals surface area contributed by atoms with Gasteiger partial charge in [0.2, 0.25) is 0 Å². The lowest BCUT2D eigenvalue weighted by Gasteiger charge is -2.35. The quantitative estimate of drug-likeness (QED) is 0.936. The van der Waals surface area contributed by atoms with Crippen LogP contribution in [0.1, 0.15) is 28.3 Å². The van der Waals surface area contributed by atoms with Crippen molar-refractivity contribution in [3.63, 3.8) is 0 Å². The number of thiophene rings is 1. The van der Waals surface area contributed by atoms with Crippen molar-refractivity contribution in [2.24, 2.45) is 13.0 Å². The van der Waals surface area contributed by atoms with E-state index in [1.54, 1.807) is 27.2 Å². The number of carboxylic acids is 1. The number of carbonyl (C=O) groups excluding carboxylic acids is 1. The molecule has 0 saturated carbocycles. The van der Waals surface area contributed by atoms with Crippen LogP contribution in [0.5, 0.6) is 0 Å². The smallest absolute Gasteiger partial charge is 0.308 e. The molecule has 2 aromatic heterocycles. The number of nitrogens with zero attached hydrogens (tertiary/aromatic N) is 3. The van der Waals surface area contributed by atoms with Gasteiger partial charge in [-0.25, -0.2) is 0 Å². The van der Waals surface area contributed by atoms with Gasteiger partial charge in [0.05, 0.1) is 17.7 Å². The van der Waals surface area contributed by atoms with Crippen LogP contribution in [-0.2, 0) is 11.8 Å². The Balaban J connectivity index is 1.84. The third-order valence-corrected chi connectivity index (χ3v) is 4.73. The van der Waals surface area contributed by atoms with E-state index in [0.29, 0.717) is 18.5 Å². The Morgan fingerprint density at radius 3 is 2.82 bits per heavy atom. The van der Waals surface area contributed by atoms with E-state index in [-0.39, 0.29) is 18.4 Å². The second-order valence-corrected chi connectivity index (χ2v) is 6.42. The first-order valence-corrected chi connectivity index (χ1v) is 8.01. The van der Waals surface area contributed by atoms with E-state index in [0.717, 1.165) is 5.56 Å². The maximum atomic E-state index is 12.5. The monoisotopic (exact) mass is 319 g/mol. The standard InChI is InChI=1S/C15H17N3O3S/c1-17-6-13(5-16-17)11-4-12(15(20)21)8-18(7-11)14(19)10-2-3-22-9-10/h2-3,5-6,9,11-12H,4,7-8H2,1H3,(H,20,21). The highest BCUT2D eigenvalue weighted by molar-refractivity contribution is 7.08. The normalized spacial score (nSPS) is 21.8. The van der Waals surface area contributed by atoms with Gasteiger partial charge in [0.25, 0.3) is 5.91 Å². The van der Waals surface area contributed by atoms with Crippen LogP contribution >= 0.6 is 11.3 Å². The zero-order valence-electron chi connectivity index (χ0n) is 12.2. The molecule has 2 atom stereocenters. The number of rotatable bonds is 3. The van der Waals surface area contributed by atoms with Crippen molar-refractivity contribution >= 4 is 23.2 Å². The Morgan fingerprint density at radius 1 is 1.41 bits per heavy atom. The molecule has 0 radical (unpaired) electrons. The lowest BCUT2D eigenvalue weighted by atomic mass is 9.85. The fourth-order valence-electron chi connectivity index (χ4n) is 2.91. The highest BCUT2D eigenvalue weighted by Gasteiger charge is 2.35. The van der Waals surface area contributed by atoms with E-state index in [2.05, 4.69) is 5.10 Å². The summed E-state index contributed by atoms with van der Waals surface area (Å²) in [5, 5.41) is 17.2. The average molecular weight is 319 g/mol. The molecule has 1 aliphatic heterocycles. The molecule has 3 heterocycles. The topological polar surface area (TPSA) is 75.4 Å². The van der Waals surface area contributed by atoms with Gasteiger partial charge in [0.1, 0.15) is 0 Å². The minimum absolute atomic E-state index is 0.00568. The third-order valence-electron chi connectivity index (χ3n) is 4.05. The summed E-state index contributed by atoms with van der Waals surface area (Å²) in [5.41, 5.74) is 1.61. The summed E-state index contributed by atoms with van der Waals surface area (Å²) in [5.74, 6) is -1.48. The van der Waals surface area contributed by atoms with Crippen LogP contribution in [-0.4, -0.2) is 44.8 Å². The molecule has 1 fully saturated rings. The molecule has 1 N–H and O–H groups in total. The van der Waals surface area contributed by atoms with Crippen molar-refractivity contribution in [1.29, 1.82) is 0 Å². The molecule has 116 valence electrons. The summed E-state index contributed by atoms with van der Waals surface area (Å²) in [7, 11) is 1.83. The Labute approximate surface area is 132 Å². The molecule has 3 rings (SSSR count). The largest absolute Gasteiger partial charge is 0.481 e. The molecule has 7 heteroatoms. The summed E-state index contributed by atoms with van der Waals surface area (Å²) in [6.07, 6.45) is 4.18. The van der Waals surface area contributed by atoms with E-state index in [1.165, 1.54) is 11.3 Å². The molecule has 1 aliphatic rings. The summed E-state index contributed by atoms with van der Waals surface area (Å²) in [4.78, 5) is 25.6. The molecule has 1 amide bonds. The van der Waals surface area contributed by atoms with Gasteiger partial charge in [0, 0.05) is 37.6 Å². The van der Waals surface area contributed by atoms with Crippen LogP contribution < -0.4 is 0 Å². The molecule has 22 heavy (non-hydrogen) atoms. The molecule has 0 aromatic carbocycles. The first-order chi connectivity index (χ1) is 10.5. The van der Waals surface area contributed by atoms with Crippen molar-refractivity contribution in [1.82, 2.24) is 14.7 Å². The number of aryl methyl sites for hydroxylation is 1. The van der Waals surface area contributed by atoms with Crippen molar-refractivity contribution < 1.29 is 14.7 Å². The first-order valence-electron chi connectivity index (χ1n) is 7.07. The molecule has 0 spiro atoms. The summed E-state index contributed by atoms with van der Waals surface area (Å²) >= 11 is 1.46.